The van der Waals surface area contributed by atoms with Crippen LogP contribution in [0.3, 0.4) is 0 Å². The van der Waals surface area contributed by atoms with Crippen molar-refractivity contribution in [2.75, 3.05) is 25.0 Å². The summed E-state index contributed by atoms with van der Waals surface area (Å²) in [5, 5.41) is 12.2. The number of carbonyl (C=O) groups excluding carboxylic acids is 2. The van der Waals surface area contributed by atoms with Crippen LogP contribution in [0.15, 0.2) is 24.3 Å². The predicted octanol–water partition coefficient (Wildman–Crippen LogP) is 2.53. The van der Waals surface area contributed by atoms with Crippen LogP contribution < -0.4 is 5.32 Å². The molecule has 8 nitrogen and oxygen atoms in total. The number of nitrogens with zero attached hydrogens (tertiary/aromatic N) is 2. The van der Waals surface area contributed by atoms with Gasteiger partial charge in [-0.3, -0.25) is 4.90 Å². The topological polar surface area (TPSA) is 99.2 Å². The zero-order valence-corrected chi connectivity index (χ0v) is 15.5. The fourth-order valence-electron chi connectivity index (χ4n) is 2.64. The summed E-state index contributed by atoms with van der Waals surface area (Å²) in [6.07, 6.45) is -0.691. The number of anilines is 1. The number of hydrogen-bond donors (Lipinski definition) is 2. The molecule has 8 heteroatoms. The van der Waals surface area contributed by atoms with Gasteiger partial charge in [-0.1, -0.05) is 12.1 Å². The summed E-state index contributed by atoms with van der Waals surface area (Å²) in [7, 11) is 0. The highest BCUT2D eigenvalue weighted by atomic mass is 16.6. The molecule has 2 N–H and O–H groups in total. The maximum absolute atomic E-state index is 12.4. The first-order chi connectivity index (χ1) is 12.1. The number of rotatable bonds is 2. The van der Waals surface area contributed by atoms with E-state index in [4.69, 9.17) is 4.74 Å². The Morgan fingerprint density at radius 3 is 2.50 bits per heavy atom. The fraction of sp³-hybridized carbons (Fsp3) is 0.500. The molecule has 1 aliphatic rings. The normalized spacial score (nSPS) is 17.6. The SMILES string of the molecule is Cc1cccc(NC(=O)N2CCN(C(=O)OC(C)(C)C)C(C(=O)O)C2)c1. The lowest BCUT2D eigenvalue weighted by Crippen LogP contribution is -2.60. The third-order valence-corrected chi connectivity index (χ3v) is 3.85. The molecule has 0 aromatic heterocycles. The smallest absolute Gasteiger partial charge is 0.411 e. The first kappa shape index (κ1) is 19.6. The van der Waals surface area contributed by atoms with Crippen LogP contribution in [-0.2, 0) is 9.53 Å². The summed E-state index contributed by atoms with van der Waals surface area (Å²) in [6, 6.07) is 5.77. The van der Waals surface area contributed by atoms with Crippen molar-refractivity contribution in [3.63, 3.8) is 0 Å². The van der Waals surface area contributed by atoms with E-state index < -0.39 is 29.7 Å². The number of carboxylic acid groups (broad SMARTS) is 1. The molecule has 3 amide bonds. The first-order valence-electron chi connectivity index (χ1n) is 8.42. The molecule has 1 atom stereocenters. The molecule has 0 bridgehead atoms. The molecule has 1 aliphatic heterocycles. The first-order valence-corrected chi connectivity index (χ1v) is 8.42. The maximum atomic E-state index is 12.4. The largest absolute Gasteiger partial charge is 0.480 e. The van der Waals surface area contributed by atoms with E-state index >= 15 is 0 Å². The number of aliphatic carboxylic acids is 1. The number of ether oxygens (including phenoxy) is 1. The van der Waals surface area contributed by atoms with Crippen LogP contribution in [0.25, 0.3) is 0 Å². The number of nitrogens with one attached hydrogen (secondary N) is 1. The summed E-state index contributed by atoms with van der Waals surface area (Å²) >= 11 is 0. The Balaban J connectivity index is 2.05. The highest BCUT2D eigenvalue weighted by Crippen LogP contribution is 2.17. The number of benzene rings is 1. The lowest BCUT2D eigenvalue weighted by Gasteiger charge is -2.39. The molecule has 0 spiro atoms. The van der Waals surface area contributed by atoms with E-state index in [2.05, 4.69) is 5.32 Å². The van der Waals surface area contributed by atoms with Gasteiger partial charge in [-0.15, -0.1) is 0 Å². The Bertz CT molecular complexity index is 698. The lowest BCUT2D eigenvalue weighted by atomic mass is 10.1. The van der Waals surface area contributed by atoms with Crippen LogP contribution >= 0.6 is 0 Å². The van der Waals surface area contributed by atoms with Crippen molar-refractivity contribution in [3.05, 3.63) is 29.8 Å². The van der Waals surface area contributed by atoms with Crippen LogP contribution in [0.2, 0.25) is 0 Å². The van der Waals surface area contributed by atoms with E-state index in [0.717, 1.165) is 10.5 Å². The molecular weight excluding hydrogens is 338 g/mol. The Morgan fingerprint density at radius 2 is 1.92 bits per heavy atom. The van der Waals surface area contributed by atoms with Gasteiger partial charge in [0.15, 0.2) is 6.04 Å². The summed E-state index contributed by atoms with van der Waals surface area (Å²) in [5.41, 5.74) is 0.914. The molecule has 2 rings (SSSR count). The minimum atomic E-state index is -1.18. The predicted molar refractivity (Wildman–Crippen MR) is 96.1 cm³/mol. The summed E-state index contributed by atoms with van der Waals surface area (Å²) in [4.78, 5) is 38.8. The van der Waals surface area contributed by atoms with Gasteiger partial charge >= 0.3 is 18.1 Å². The van der Waals surface area contributed by atoms with E-state index in [1.807, 2.05) is 25.1 Å². The molecule has 0 saturated carbocycles. The average molecular weight is 363 g/mol. The third-order valence-electron chi connectivity index (χ3n) is 3.85. The standard InChI is InChI=1S/C18H25N3O5/c1-12-6-5-7-13(10-12)19-16(24)20-8-9-21(14(11-20)15(22)23)17(25)26-18(2,3)4/h5-7,10,14H,8-9,11H2,1-4H3,(H,19,24)(H,22,23). The summed E-state index contributed by atoms with van der Waals surface area (Å²) < 4.78 is 5.27. The van der Waals surface area contributed by atoms with E-state index in [-0.39, 0.29) is 19.6 Å². The number of urea groups is 1. The quantitative estimate of drug-likeness (QED) is 0.841. The van der Waals surface area contributed by atoms with E-state index in [0.29, 0.717) is 5.69 Å². The van der Waals surface area contributed by atoms with Crippen molar-refractivity contribution >= 4 is 23.8 Å². The number of aryl methyl sites for hydroxylation is 1. The Hall–Kier alpha value is -2.77. The van der Waals surface area contributed by atoms with Gasteiger partial charge in [-0.05, 0) is 45.4 Å². The second-order valence-electron chi connectivity index (χ2n) is 7.27. The number of hydrogen-bond acceptors (Lipinski definition) is 4. The van der Waals surface area contributed by atoms with Crippen molar-refractivity contribution in [1.29, 1.82) is 0 Å². The van der Waals surface area contributed by atoms with Crippen LogP contribution in [-0.4, -0.2) is 64.3 Å². The van der Waals surface area contributed by atoms with Gasteiger partial charge in [0.1, 0.15) is 5.60 Å². The van der Waals surface area contributed by atoms with Gasteiger partial charge in [0.2, 0.25) is 0 Å². The fourth-order valence-corrected chi connectivity index (χ4v) is 2.64. The molecular formula is C18H25N3O5. The van der Waals surface area contributed by atoms with E-state index in [1.165, 1.54) is 4.90 Å². The van der Waals surface area contributed by atoms with Gasteiger partial charge in [-0.25, -0.2) is 14.4 Å². The second kappa shape index (κ2) is 7.63. The molecule has 1 saturated heterocycles. The van der Waals surface area contributed by atoms with Gasteiger partial charge < -0.3 is 20.1 Å². The van der Waals surface area contributed by atoms with Crippen molar-refractivity contribution in [3.8, 4) is 0 Å². The zero-order valence-electron chi connectivity index (χ0n) is 15.5. The molecule has 1 heterocycles. The van der Waals surface area contributed by atoms with E-state index in [1.54, 1.807) is 26.8 Å². The maximum Gasteiger partial charge on any atom is 0.411 e. The van der Waals surface area contributed by atoms with Gasteiger partial charge in [0.05, 0.1) is 6.54 Å². The van der Waals surface area contributed by atoms with Gasteiger partial charge in [0.25, 0.3) is 0 Å². The van der Waals surface area contributed by atoms with E-state index in [9.17, 15) is 19.5 Å². The summed E-state index contributed by atoms with van der Waals surface area (Å²) in [5.74, 6) is -1.18. The van der Waals surface area contributed by atoms with Crippen LogP contribution in [0, 0.1) is 6.92 Å². The zero-order chi connectivity index (χ0) is 19.5. The minimum Gasteiger partial charge on any atom is -0.480 e. The van der Waals surface area contributed by atoms with Crippen molar-refractivity contribution in [2.45, 2.75) is 39.3 Å². The third kappa shape index (κ3) is 5.11. The number of carbonyl (C=O) groups is 3. The van der Waals surface area contributed by atoms with Crippen molar-refractivity contribution < 1.29 is 24.2 Å². The minimum absolute atomic E-state index is 0.0904. The number of carboxylic acids is 1. The molecule has 142 valence electrons. The molecule has 1 unspecified atom stereocenters. The molecule has 0 radical (unpaired) electrons. The average Bonchev–Trinajstić information content (AvgIpc) is 2.52. The highest BCUT2D eigenvalue weighted by molar-refractivity contribution is 5.90. The molecule has 26 heavy (non-hydrogen) atoms. The Labute approximate surface area is 152 Å². The number of amides is 3. The van der Waals surface area contributed by atoms with Crippen molar-refractivity contribution in [2.24, 2.45) is 0 Å². The van der Waals surface area contributed by atoms with Crippen LogP contribution in [0.5, 0.6) is 0 Å². The number of piperazine rings is 1. The Kier molecular flexibility index (Phi) is 5.74. The molecule has 1 aromatic rings. The van der Waals surface area contributed by atoms with Crippen LogP contribution in [0.4, 0.5) is 15.3 Å². The highest BCUT2D eigenvalue weighted by Gasteiger charge is 2.39. The van der Waals surface area contributed by atoms with Gasteiger partial charge in [-0.2, -0.15) is 0 Å². The monoisotopic (exact) mass is 363 g/mol. The van der Waals surface area contributed by atoms with Gasteiger partial charge in [0, 0.05) is 18.8 Å². The van der Waals surface area contributed by atoms with Crippen LogP contribution in [0.1, 0.15) is 26.3 Å². The molecule has 1 fully saturated rings. The summed E-state index contributed by atoms with van der Waals surface area (Å²) in [6.45, 7) is 7.26. The lowest BCUT2D eigenvalue weighted by molar-refractivity contribution is -0.144. The molecule has 0 aliphatic carbocycles. The molecule has 1 aromatic carbocycles. The Morgan fingerprint density at radius 1 is 1.23 bits per heavy atom. The van der Waals surface area contributed by atoms with Crippen molar-refractivity contribution in [1.82, 2.24) is 9.80 Å². The second-order valence-corrected chi connectivity index (χ2v) is 7.27.